The summed E-state index contributed by atoms with van der Waals surface area (Å²) in [6.07, 6.45) is 0. The molecule has 0 saturated carbocycles. The number of nitrogens with zero attached hydrogens (tertiary/aromatic N) is 1. The Balaban J connectivity index is 2.18. The number of oxime groups is 1. The van der Waals surface area contributed by atoms with Gasteiger partial charge in [-0.1, -0.05) is 65.3 Å². The Bertz CT molecular complexity index is 702. The molecule has 1 aliphatic heterocycles. The molecule has 20 heavy (non-hydrogen) atoms. The van der Waals surface area contributed by atoms with E-state index in [1.54, 1.807) is 42.5 Å². The highest BCUT2D eigenvalue weighted by Gasteiger charge is 2.54. The Morgan fingerprint density at radius 1 is 1.05 bits per heavy atom. The van der Waals surface area contributed by atoms with Crippen molar-refractivity contribution in [2.75, 3.05) is 0 Å². The molecule has 2 aromatic carbocycles. The number of carbonyl (C=O) groups is 1. The summed E-state index contributed by atoms with van der Waals surface area (Å²) in [5, 5.41) is 3.74. The van der Waals surface area contributed by atoms with Crippen molar-refractivity contribution in [3.63, 3.8) is 0 Å². The highest BCUT2D eigenvalue weighted by molar-refractivity contribution is 6.33. The summed E-state index contributed by atoms with van der Waals surface area (Å²) in [6.45, 7) is 0. The first-order valence-corrected chi connectivity index (χ1v) is 6.31. The summed E-state index contributed by atoms with van der Waals surface area (Å²) in [5.74, 6) is -1.08. The van der Waals surface area contributed by atoms with Crippen molar-refractivity contribution in [2.24, 2.45) is 5.16 Å². The first-order chi connectivity index (χ1) is 9.64. The molecule has 0 fully saturated rings. The van der Waals surface area contributed by atoms with Crippen molar-refractivity contribution < 1.29 is 14.0 Å². The van der Waals surface area contributed by atoms with Gasteiger partial charge in [-0.15, -0.1) is 0 Å². The van der Waals surface area contributed by atoms with Gasteiger partial charge in [-0.05, 0) is 6.07 Å². The highest BCUT2D eigenvalue weighted by atomic mass is 35.5. The van der Waals surface area contributed by atoms with E-state index >= 15 is 4.39 Å². The van der Waals surface area contributed by atoms with Gasteiger partial charge < -0.3 is 4.84 Å². The predicted octanol–water partition coefficient (Wildman–Crippen LogP) is 3.47. The third-order valence-corrected chi connectivity index (χ3v) is 3.45. The summed E-state index contributed by atoms with van der Waals surface area (Å²) in [5.41, 5.74) is -2.07. The van der Waals surface area contributed by atoms with E-state index in [-0.39, 0.29) is 16.3 Å². The molecule has 3 nitrogen and oxygen atoms in total. The van der Waals surface area contributed by atoms with E-state index in [9.17, 15) is 4.79 Å². The molecule has 1 unspecified atom stereocenters. The second kappa shape index (κ2) is 4.72. The molecule has 0 aliphatic carbocycles. The number of alkyl halides is 1. The van der Waals surface area contributed by atoms with E-state index in [0.29, 0.717) is 5.56 Å². The zero-order chi connectivity index (χ0) is 14.2. The van der Waals surface area contributed by atoms with Gasteiger partial charge in [0.15, 0.2) is 0 Å². The fraction of sp³-hybridized carbons (Fsp3) is 0.0667. The Labute approximate surface area is 119 Å². The van der Waals surface area contributed by atoms with Gasteiger partial charge in [-0.2, -0.15) is 0 Å². The molecule has 100 valence electrons. The fourth-order valence-electron chi connectivity index (χ4n) is 2.14. The molecule has 0 N–H and O–H groups in total. The van der Waals surface area contributed by atoms with Crippen LogP contribution in [-0.2, 0) is 15.3 Å². The minimum Gasteiger partial charge on any atom is -0.313 e. The maximum absolute atomic E-state index is 15.4. The SMILES string of the molecule is O=C1ON=C(c2ccccc2)C1(F)c1ccccc1Cl. The molecule has 5 heteroatoms. The second-order valence-electron chi connectivity index (χ2n) is 4.32. The van der Waals surface area contributed by atoms with Crippen LogP contribution >= 0.6 is 11.6 Å². The smallest absolute Gasteiger partial charge is 0.313 e. The standard InChI is InChI=1S/C15H9ClFNO2/c16-12-9-5-4-8-11(12)15(17)13(18-20-14(15)19)10-6-2-1-3-7-10/h1-9H. The van der Waals surface area contributed by atoms with Crippen LogP contribution in [0.5, 0.6) is 0 Å². The van der Waals surface area contributed by atoms with Gasteiger partial charge in [0, 0.05) is 16.1 Å². The summed E-state index contributed by atoms with van der Waals surface area (Å²) < 4.78 is 15.4. The summed E-state index contributed by atoms with van der Waals surface area (Å²) in [6, 6.07) is 14.8. The highest BCUT2D eigenvalue weighted by Crippen LogP contribution is 2.39. The maximum Gasteiger partial charge on any atom is 0.382 e. The molecule has 1 aliphatic rings. The van der Waals surface area contributed by atoms with Crippen LogP contribution in [0.2, 0.25) is 5.02 Å². The van der Waals surface area contributed by atoms with Crippen LogP contribution in [0.1, 0.15) is 11.1 Å². The molecular weight excluding hydrogens is 281 g/mol. The topological polar surface area (TPSA) is 38.7 Å². The third-order valence-electron chi connectivity index (χ3n) is 3.12. The summed E-state index contributed by atoms with van der Waals surface area (Å²) in [4.78, 5) is 16.4. The van der Waals surface area contributed by atoms with Crippen molar-refractivity contribution in [3.05, 3.63) is 70.7 Å². The number of benzene rings is 2. The van der Waals surface area contributed by atoms with E-state index in [0.717, 1.165) is 0 Å². The van der Waals surface area contributed by atoms with Crippen LogP contribution in [0.25, 0.3) is 0 Å². The molecule has 0 amide bonds. The average molecular weight is 290 g/mol. The van der Waals surface area contributed by atoms with Gasteiger partial charge >= 0.3 is 5.97 Å². The summed E-state index contributed by atoms with van der Waals surface area (Å²) >= 11 is 6.01. The van der Waals surface area contributed by atoms with Gasteiger partial charge in [-0.3, -0.25) is 0 Å². The van der Waals surface area contributed by atoms with Crippen molar-refractivity contribution in [3.8, 4) is 0 Å². The van der Waals surface area contributed by atoms with Gasteiger partial charge in [0.2, 0.25) is 0 Å². The Kier molecular flexibility index (Phi) is 3.03. The number of hydrogen-bond donors (Lipinski definition) is 0. The lowest BCUT2D eigenvalue weighted by molar-refractivity contribution is -0.149. The van der Waals surface area contributed by atoms with Crippen LogP contribution < -0.4 is 0 Å². The van der Waals surface area contributed by atoms with Gasteiger partial charge in [-0.25, -0.2) is 9.18 Å². The molecule has 1 atom stereocenters. The minimum absolute atomic E-state index is 0.0340. The van der Waals surface area contributed by atoms with Crippen LogP contribution in [0, 0.1) is 0 Å². The lowest BCUT2D eigenvalue weighted by Gasteiger charge is -2.19. The maximum atomic E-state index is 15.4. The Morgan fingerprint density at radius 2 is 1.70 bits per heavy atom. The van der Waals surface area contributed by atoms with Crippen molar-refractivity contribution in [1.29, 1.82) is 0 Å². The molecular formula is C15H9ClFNO2. The van der Waals surface area contributed by atoms with Gasteiger partial charge in [0.05, 0.1) is 0 Å². The predicted molar refractivity (Wildman–Crippen MR) is 73.3 cm³/mol. The largest absolute Gasteiger partial charge is 0.382 e. The molecule has 3 rings (SSSR count). The second-order valence-corrected chi connectivity index (χ2v) is 4.73. The molecule has 0 saturated heterocycles. The van der Waals surface area contributed by atoms with Crippen molar-refractivity contribution in [2.45, 2.75) is 5.67 Å². The Hall–Kier alpha value is -2.20. The van der Waals surface area contributed by atoms with Gasteiger partial charge in [0.1, 0.15) is 5.71 Å². The van der Waals surface area contributed by atoms with Crippen molar-refractivity contribution >= 4 is 23.3 Å². The number of halogens is 2. The van der Waals surface area contributed by atoms with Crippen molar-refractivity contribution in [1.82, 2.24) is 0 Å². The van der Waals surface area contributed by atoms with Crippen LogP contribution in [0.4, 0.5) is 4.39 Å². The van der Waals surface area contributed by atoms with E-state index in [1.165, 1.54) is 12.1 Å². The van der Waals surface area contributed by atoms with Crippen LogP contribution in [0.3, 0.4) is 0 Å². The molecule has 1 heterocycles. The first-order valence-electron chi connectivity index (χ1n) is 5.93. The average Bonchev–Trinajstić information content (AvgIpc) is 2.77. The van der Waals surface area contributed by atoms with E-state index in [2.05, 4.69) is 9.99 Å². The molecule has 0 aromatic heterocycles. The van der Waals surface area contributed by atoms with E-state index in [4.69, 9.17) is 11.6 Å². The van der Waals surface area contributed by atoms with Crippen LogP contribution in [0.15, 0.2) is 59.8 Å². The molecule has 0 spiro atoms. The Morgan fingerprint density at radius 3 is 2.40 bits per heavy atom. The molecule has 0 radical (unpaired) electrons. The first kappa shape index (κ1) is 12.8. The third kappa shape index (κ3) is 1.80. The van der Waals surface area contributed by atoms with E-state index < -0.39 is 11.6 Å². The lowest BCUT2D eigenvalue weighted by Crippen LogP contribution is -2.36. The normalized spacial score (nSPS) is 21.5. The number of carbonyl (C=O) groups excluding carboxylic acids is 1. The van der Waals surface area contributed by atoms with E-state index in [1.807, 2.05) is 0 Å². The minimum atomic E-state index is -2.49. The molecule has 2 aromatic rings. The lowest BCUT2D eigenvalue weighted by atomic mass is 9.87. The number of rotatable bonds is 2. The fourth-order valence-corrected chi connectivity index (χ4v) is 2.40. The number of hydrogen-bond acceptors (Lipinski definition) is 3. The zero-order valence-electron chi connectivity index (χ0n) is 10.2. The zero-order valence-corrected chi connectivity index (χ0v) is 11.0. The van der Waals surface area contributed by atoms with Gasteiger partial charge in [0.25, 0.3) is 5.67 Å². The van der Waals surface area contributed by atoms with Crippen LogP contribution in [-0.4, -0.2) is 11.7 Å². The quantitative estimate of drug-likeness (QED) is 0.794. The molecule has 0 bridgehead atoms. The monoisotopic (exact) mass is 289 g/mol. The summed E-state index contributed by atoms with van der Waals surface area (Å²) in [7, 11) is 0.